The van der Waals surface area contributed by atoms with E-state index in [1.54, 1.807) is 33.2 Å². The smallest absolute Gasteiger partial charge is 0.245 e. The van der Waals surface area contributed by atoms with Crippen LogP contribution < -0.4 is 16.0 Å². The molecule has 0 bridgehead atoms. The molecule has 13 heteroatoms. The van der Waals surface area contributed by atoms with Crippen molar-refractivity contribution in [1.29, 1.82) is 0 Å². The molecule has 2 heterocycles. The number of morpholine rings is 1. The van der Waals surface area contributed by atoms with Crippen molar-refractivity contribution in [2.45, 2.75) is 111 Å². The van der Waals surface area contributed by atoms with E-state index in [9.17, 15) is 19.2 Å². The number of rotatable bonds is 20. The fourth-order valence-electron chi connectivity index (χ4n) is 7.37. The Morgan fingerprint density at radius 2 is 1.55 bits per heavy atom. The van der Waals surface area contributed by atoms with Crippen LogP contribution in [0.15, 0.2) is 0 Å². The lowest BCUT2D eigenvalue weighted by atomic mass is 9.89. The zero-order chi connectivity index (χ0) is 36.8. The Morgan fingerprint density at radius 1 is 0.918 bits per heavy atom. The Kier molecular flexibility index (Phi) is 18.5. The molecule has 0 aromatic rings. The van der Waals surface area contributed by atoms with Gasteiger partial charge in [-0.15, -0.1) is 0 Å². The number of likely N-dealkylation sites (N-methyl/N-ethyl adjacent to an activating group) is 2. The third-order valence-electron chi connectivity index (χ3n) is 10.6. The summed E-state index contributed by atoms with van der Waals surface area (Å²) in [6, 6.07) is -1.83. The molecule has 2 saturated heterocycles. The van der Waals surface area contributed by atoms with Gasteiger partial charge in [-0.2, -0.15) is 0 Å². The van der Waals surface area contributed by atoms with Crippen LogP contribution in [0.2, 0.25) is 0 Å². The summed E-state index contributed by atoms with van der Waals surface area (Å²) < 4.78 is 17.3. The quantitative estimate of drug-likeness (QED) is 0.174. The molecular weight excluding hydrogens is 628 g/mol. The van der Waals surface area contributed by atoms with Gasteiger partial charge in [0.05, 0.1) is 55.9 Å². The highest BCUT2D eigenvalue weighted by atomic mass is 16.5. The van der Waals surface area contributed by atoms with Gasteiger partial charge < -0.3 is 40.0 Å². The van der Waals surface area contributed by atoms with Crippen molar-refractivity contribution in [1.82, 2.24) is 30.7 Å². The van der Waals surface area contributed by atoms with Gasteiger partial charge in [0.2, 0.25) is 23.6 Å². The summed E-state index contributed by atoms with van der Waals surface area (Å²) in [5, 5.41) is 9.11. The lowest BCUT2D eigenvalue weighted by Crippen LogP contribution is -2.59. The Morgan fingerprint density at radius 3 is 2.08 bits per heavy atom. The molecule has 0 aliphatic carbocycles. The first kappa shape index (κ1) is 42.8. The number of ether oxygens (including phenoxy) is 3. The molecule has 3 N–H and O–H groups in total. The van der Waals surface area contributed by atoms with Crippen LogP contribution in [-0.2, 0) is 33.4 Å². The highest BCUT2D eigenvalue weighted by molar-refractivity contribution is 5.90. The van der Waals surface area contributed by atoms with Gasteiger partial charge in [0.1, 0.15) is 6.04 Å². The minimum absolute atomic E-state index is 0.0122. The first-order valence-electron chi connectivity index (χ1n) is 18.4. The number of carbonyl (C=O) groups excluding carboxylic acids is 4. The zero-order valence-corrected chi connectivity index (χ0v) is 32.3. The number of carbonyl (C=O) groups is 4. The minimum atomic E-state index is -0.737. The van der Waals surface area contributed by atoms with E-state index in [0.29, 0.717) is 26.3 Å². The number of nitrogens with one attached hydrogen (secondary N) is 3. The van der Waals surface area contributed by atoms with Crippen LogP contribution in [0.1, 0.15) is 74.1 Å². The molecule has 0 aromatic carbocycles. The molecule has 0 radical (unpaired) electrons. The molecule has 0 unspecified atom stereocenters. The van der Waals surface area contributed by atoms with Crippen molar-refractivity contribution in [3.63, 3.8) is 0 Å². The molecule has 49 heavy (non-hydrogen) atoms. The fourth-order valence-corrected chi connectivity index (χ4v) is 7.37. The molecular formula is C36H68N6O7. The molecule has 2 rings (SSSR count). The van der Waals surface area contributed by atoms with E-state index in [1.807, 2.05) is 39.5 Å². The third-order valence-corrected chi connectivity index (χ3v) is 10.6. The minimum Gasteiger partial charge on any atom is -0.379 e. The van der Waals surface area contributed by atoms with Crippen molar-refractivity contribution in [3.05, 3.63) is 0 Å². The summed E-state index contributed by atoms with van der Waals surface area (Å²) in [5.41, 5.74) is 0. The second-order valence-corrected chi connectivity index (χ2v) is 14.6. The summed E-state index contributed by atoms with van der Waals surface area (Å²) in [6.45, 7) is 18.7. The fraction of sp³-hybridized carbons (Fsp3) is 0.889. The highest BCUT2D eigenvalue weighted by Gasteiger charge is 2.43. The maximum atomic E-state index is 14.1. The molecule has 8 atom stereocenters. The summed E-state index contributed by atoms with van der Waals surface area (Å²) in [7, 11) is 6.67. The normalized spacial score (nSPS) is 21.5. The van der Waals surface area contributed by atoms with E-state index < -0.39 is 36.3 Å². The average Bonchev–Trinajstić information content (AvgIpc) is 3.56. The molecule has 284 valence electrons. The van der Waals surface area contributed by atoms with Crippen LogP contribution in [0.5, 0.6) is 0 Å². The van der Waals surface area contributed by atoms with Crippen LogP contribution in [0, 0.1) is 23.7 Å². The Bertz CT molecular complexity index is 1040. The summed E-state index contributed by atoms with van der Waals surface area (Å²) in [6.07, 6.45) is 1.34. The number of likely N-dealkylation sites (tertiary alicyclic amines) is 1. The van der Waals surface area contributed by atoms with Crippen LogP contribution in [-0.4, -0.2) is 149 Å². The molecule has 0 aromatic heterocycles. The number of nitrogens with zero attached hydrogens (tertiary/aromatic N) is 3. The average molecular weight is 697 g/mol. The van der Waals surface area contributed by atoms with Crippen molar-refractivity contribution in [3.8, 4) is 0 Å². The number of hydrogen-bond acceptors (Lipinski definition) is 9. The predicted octanol–water partition coefficient (Wildman–Crippen LogP) is 1.74. The molecule has 2 fully saturated rings. The van der Waals surface area contributed by atoms with Gasteiger partial charge >= 0.3 is 0 Å². The van der Waals surface area contributed by atoms with E-state index >= 15 is 0 Å². The number of hydrogen-bond donors (Lipinski definition) is 3. The van der Waals surface area contributed by atoms with Crippen LogP contribution >= 0.6 is 0 Å². The second-order valence-electron chi connectivity index (χ2n) is 14.6. The Labute approximate surface area is 295 Å². The van der Waals surface area contributed by atoms with Crippen molar-refractivity contribution < 1.29 is 33.4 Å². The summed E-state index contributed by atoms with van der Waals surface area (Å²) in [5.74, 6) is -1.16. The van der Waals surface area contributed by atoms with Gasteiger partial charge in [0.15, 0.2) is 0 Å². The van der Waals surface area contributed by atoms with Crippen molar-refractivity contribution in [2.24, 2.45) is 23.7 Å². The van der Waals surface area contributed by atoms with Gasteiger partial charge in [-0.3, -0.25) is 24.1 Å². The first-order valence-corrected chi connectivity index (χ1v) is 18.4. The number of amides is 4. The SMILES string of the molecule is CC[C@H](C)[C@@H]([C@@H](CC(=O)N1CCC[C@H]1[C@H](OC)[C@@H](C)C(=O)NCCN1CCOCC1)OC)N(C)C(=O)[C@@H](NC(=O)[C@@H](NC)C(C)C)C(C)C. The predicted molar refractivity (Wildman–Crippen MR) is 191 cm³/mol. The monoisotopic (exact) mass is 697 g/mol. The topological polar surface area (TPSA) is 142 Å². The molecule has 0 spiro atoms. The highest BCUT2D eigenvalue weighted by Crippen LogP contribution is 2.29. The van der Waals surface area contributed by atoms with Gasteiger partial charge in [-0.05, 0) is 37.6 Å². The summed E-state index contributed by atoms with van der Waals surface area (Å²) in [4.78, 5) is 60.3. The lowest BCUT2D eigenvalue weighted by molar-refractivity contribution is -0.147. The van der Waals surface area contributed by atoms with E-state index in [0.717, 1.165) is 38.9 Å². The van der Waals surface area contributed by atoms with E-state index in [2.05, 4.69) is 34.7 Å². The van der Waals surface area contributed by atoms with Crippen LogP contribution in [0.4, 0.5) is 0 Å². The van der Waals surface area contributed by atoms with Crippen LogP contribution in [0.3, 0.4) is 0 Å². The van der Waals surface area contributed by atoms with E-state index in [-0.39, 0.29) is 53.8 Å². The number of methoxy groups -OCH3 is 2. The first-order chi connectivity index (χ1) is 23.2. The van der Waals surface area contributed by atoms with Gasteiger partial charge in [0, 0.05) is 54.0 Å². The molecule has 2 aliphatic rings. The second kappa shape index (κ2) is 21.1. The zero-order valence-electron chi connectivity index (χ0n) is 32.3. The Hall–Kier alpha value is -2.32. The molecule has 2 aliphatic heterocycles. The van der Waals surface area contributed by atoms with E-state index in [1.165, 1.54) is 0 Å². The van der Waals surface area contributed by atoms with Crippen LogP contribution in [0.25, 0.3) is 0 Å². The molecule has 0 saturated carbocycles. The van der Waals surface area contributed by atoms with Gasteiger partial charge in [-0.25, -0.2) is 0 Å². The summed E-state index contributed by atoms with van der Waals surface area (Å²) >= 11 is 0. The van der Waals surface area contributed by atoms with Crippen molar-refractivity contribution >= 4 is 23.6 Å². The molecule has 4 amide bonds. The molecule has 13 nitrogen and oxygen atoms in total. The van der Waals surface area contributed by atoms with Gasteiger partial charge in [-0.1, -0.05) is 54.9 Å². The largest absolute Gasteiger partial charge is 0.379 e. The maximum Gasteiger partial charge on any atom is 0.245 e. The Balaban J connectivity index is 2.17. The van der Waals surface area contributed by atoms with Crippen molar-refractivity contribution in [2.75, 3.05) is 74.3 Å². The maximum absolute atomic E-state index is 14.1. The standard InChI is InChI=1S/C36H68N6O7/c1-12-25(6)32(40(9)36(46)31(24(4)5)39-35(45)30(37-8)23(2)3)28(47-10)22-29(43)42-16-13-14-27(42)33(48-11)26(7)34(44)38-15-17-41-18-20-49-21-19-41/h23-28,30-33,37H,12-22H2,1-11H3,(H,38,44)(H,39,45)/t25-,26+,27-,28+,30-,31-,32-,33+/m0/s1. The van der Waals surface area contributed by atoms with Gasteiger partial charge in [0.25, 0.3) is 0 Å². The lowest BCUT2D eigenvalue weighted by Gasteiger charge is -2.41. The third kappa shape index (κ3) is 11.9. The van der Waals surface area contributed by atoms with E-state index in [4.69, 9.17) is 14.2 Å².